The molecule has 1 aliphatic carbocycles. The second-order valence-electron chi connectivity index (χ2n) is 7.86. The van der Waals surface area contributed by atoms with Gasteiger partial charge < -0.3 is 15.0 Å². The molecule has 138 valence electrons. The zero-order chi connectivity index (χ0) is 18.0. The Morgan fingerprint density at radius 3 is 2.88 bits per heavy atom. The molecular formula is C19H25N5O2. The highest BCUT2D eigenvalue weighted by atomic mass is 16.5. The summed E-state index contributed by atoms with van der Waals surface area (Å²) < 4.78 is 6.19. The van der Waals surface area contributed by atoms with Crippen molar-refractivity contribution >= 4 is 11.7 Å². The number of carbonyl (C=O) groups is 1. The number of amides is 1. The topological polar surface area (TPSA) is 91.1 Å². The van der Waals surface area contributed by atoms with E-state index in [2.05, 4.69) is 21.4 Å². The molecule has 1 amide bonds. The van der Waals surface area contributed by atoms with Gasteiger partial charge in [0, 0.05) is 31.9 Å². The lowest BCUT2D eigenvalue weighted by molar-refractivity contribution is -0.146. The van der Waals surface area contributed by atoms with Crippen LogP contribution in [0.3, 0.4) is 0 Å². The van der Waals surface area contributed by atoms with Crippen LogP contribution in [0.15, 0.2) is 18.6 Å². The van der Waals surface area contributed by atoms with E-state index < -0.39 is 5.41 Å². The Morgan fingerprint density at radius 1 is 1.31 bits per heavy atom. The standard InChI is InChI=1S/C19H25N5O2/c20-13-18(4-1-2-5-18)17(25)24-9-3-6-19(14-24)10-15(12-26-19)23-16-11-21-7-8-22-16/h7-8,11,15H,1-6,9-10,12,14H2,(H,22,23). The van der Waals surface area contributed by atoms with E-state index in [0.717, 1.165) is 44.5 Å². The van der Waals surface area contributed by atoms with Crippen molar-refractivity contribution in [2.45, 2.75) is 56.6 Å². The molecule has 26 heavy (non-hydrogen) atoms. The molecule has 0 bridgehead atoms. The van der Waals surface area contributed by atoms with E-state index in [-0.39, 0.29) is 17.6 Å². The summed E-state index contributed by atoms with van der Waals surface area (Å²) in [4.78, 5) is 23.3. The minimum Gasteiger partial charge on any atom is -0.371 e. The third-order valence-corrected chi connectivity index (χ3v) is 6.03. The fourth-order valence-corrected chi connectivity index (χ4v) is 4.73. The van der Waals surface area contributed by atoms with Crippen LogP contribution in [0.2, 0.25) is 0 Å². The third kappa shape index (κ3) is 3.14. The molecule has 3 fully saturated rings. The van der Waals surface area contributed by atoms with Crippen LogP contribution in [-0.4, -0.2) is 52.1 Å². The van der Waals surface area contributed by atoms with E-state index in [0.29, 0.717) is 26.0 Å². The van der Waals surface area contributed by atoms with Crippen LogP contribution in [-0.2, 0) is 9.53 Å². The van der Waals surface area contributed by atoms with E-state index in [1.54, 1.807) is 18.6 Å². The number of hydrogen-bond acceptors (Lipinski definition) is 6. The van der Waals surface area contributed by atoms with Crippen LogP contribution >= 0.6 is 0 Å². The van der Waals surface area contributed by atoms with Crippen LogP contribution in [0.25, 0.3) is 0 Å². The number of nitrogens with zero attached hydrogens (tertiary/aromatic N) is 4. The molecule has 1 spiro atoms. The molecule has 7 heteroatoms. The fourth-order valence-electron chi connectivity index (χ4n) is 4.73. The largest absolute Gasteiger partial charge is 0.371 e. The number of rotatable bonds is 3. The molecule has 2 aliphatic heterocycles. The first kappa shape index (κ1) is 17.2. The van der Waals surface area contributed by atoms with Crippen LogP contribution in [0.5, 0.6) is 0 Å². The highest BCUT2D eigenvalue weighted by molar-refractivity contribution is 5.86. The first-order chi connectivity index (χ1) is 12.6. The van der Waals surface area contributed by atoms with Crippen molar-refractivity contribution in [1.82, 2.24) is 14.9 Å². The van der Waals surface area contributed by atoms with E-state index in [1.165, 1.54) is 0 Å². The second-order valence-corrected chi connectivity index (χ2v) is 7.86. The van der Waals surface area contributed by atoms with Gasteiger partial charge in [-0.2, -0.15) is 5.26 Å². The average Bonchev–Trinajstić information content (AvgIpc) is 3.30. The number of nitrogens with one attached hydrogen (secondary N) is 1. The Labute approximate surface area is 153 Å². The molecule has 1 aromatic rings. The summed E-state index contributed by atoms with van der Waals surface area (Å²) in [6, 6.07) is 2.50. The van der Waals surface area contributed by atoms with Gasteiger partial charge in [-0.1, -0.05) is 12.8 Å². The number of ether oxygens (including phenoxy) is 1. The van der Waals surface area contributed by atoms with Gasteiger partial charge in [-0.15, -0.1) is 0 Å². The van der Waals surface area contributed by atoms with Crippen molar-refractivity contribution < 1.29 is 9.53 Å². The van der Waals surface area contributed by atoms with Gasteiger partial charge >= 0.3 is 0 Å². The number of aromatic nitrogens is 2. The summed E-state index contributed by atoms with van der Waals surface area (Å²) >= 11 is 0. The van der Waals surface area contributed by atoms with Gasteiger partial charge in [0.15, 0.2) is 0 Å². The van der Waals surface area contributed by atoms with Crippen molar-refractivity contribution in [3.63, 3.8) is 0 Å². The van der Waals surface area contributed by atoms with Gasteiger partial charge in [-0.3, -0.25) is 9.78 Å². The van der Waals surface area contributed by atoms with Crippen LogP contribution in [0.4, 0.5) is 5.82 Å². The average molecular weight is 355 g/mol. The predicted molar refractivity (Wildman–Crippen MR) is 95.1 cm³/mol. The molecule has 2 saturated heterocycles. The maximum atomic E-state index is 13.1. The monoisotopic (exact) mass is 355 g/mol. The lowest BCUT2D eigenvalue weighted by Gasteiger charge is -2.41. The zero-order valence-corrected chi connectivity index (χ0v) is 15.0. The summed E-state index contributed by atoms with van der Waals surface area (Å²) in [6.07, 6.45) is 11.1. The van der Waals surface area contributed by atoms with Gasteiger partial charge in [0.2, 0.25) is 5.91 Å². The first-order valence-electron chi connectivity index (χ1n) is 9.52. The number of likely N-dealkylation sites (tertiary alicyclic amines) is 1. The quantitative estimate of drug-likeness (QED) is 0.893. The predicted octanol–water partition coefficient (Wildman–Crippen LogP) is 2.12. The Hall–Kier alpha value is -2.20. The summed E-state index contributed by atoms with van der Waals surface area (Å²) in [7, 11) is 0. The minimum absolute atomic E-state index is 0.0190. The van der Waals surface area contributed by atoms with Gasteiger partial charge in [0.1, 0.15) is 11.2 Å². The van der Waals surface area contributed by atoms with E-state index in [4.69, 9.17) is 4.74 Å². The number of piperidine rings is 1. The molecule has 4 rings (SSSR count). The third-order valence-electron chi connectivity index (χ3n) is 6.03. The van der Waals surface area contributed by atoms with Crippen molar-refractivity contribution in [3.05, 3.63) is 18.6 Å². The molecule has 1 saturated carbocycles. The molecule has 0 aromatic carbocycles. The summed E-state index contributed by atoms with van der Waals surface area (Å²) in [6.45, 7) is 1.92. The molecule has 0 radical (unpaired) electrons. The van der Waals surface area contributed by atoms with E-state index in [9.17, 15) is 10.1 Å². The Balaban J connectivity index is 1.42. The van der Waals surface area contributed by atoms with Gasteiger partial charge in [-0.05, 0) is 25.7 Å². The molecule has 1 N–H and O–H groups in total. The van der Waals surface area contributed by atoms with Crippen LogP contribution < -0.4 is 5.32 Å². The highest BCUT2D eigenvalue weighted by Gasteiger charge is 2.49. The number of anilines is 1. The van der Waals surface area contributed by atoms with Gasteiger partial charge in [0.25, 0.3) is 0 Å². The maximum absolute atomic E-state index is 13.1. The fraction of sp³-hybridized carbons (Fsp3) is 0.684. The molecular weight excluding hydrogens is 330 g/mol. The molecule has 3 heterocycles. The smallest absolute Gasteiger partial charge is 0.243 e. The molecule has 2 unspecified atom stereocenters. The number of carbonyl (C=O) groups excluding carboxylic acids is 1. The normalized spacial score (nSPS) is 30.3. The Kier molecular flexibility index (Phi) is 4.53. The lowest BCUT2D eigenvalue weighted by atomic mass is 9.83. The van der Waals surface area contributed by atoms with E-state index in [1.807, 2.05) is 4.90 Å². The summed E-state index contributed by atoms with van der Waals surface area (Å²) in [5, 5.41) is 13.0. The Morgan fingerprint density at radius 2 is 2.15 bits per heavy atom. The van der Waals surface area contributed by atoms with Gasteiger partial charge in [-0.25, -0.2) is 4.98 Å². The minimum atomic E-state index is -0.797. The zero-order valence-electron chi connectivity index (χ0n) is 15.0. The number of nitriles is 1. The highest BCUT2D eigenvalue weighted by Crippen LogP contribution is 2.42. The maximum Gasteiger partial charge on any atom is 0.243 e. The summed E-state index contributed by atoms with van der Waals surface area (Å²) in [5.41, 5.74) is -1.10. The molecule has 7 nitrogen and oxygen atoms in total. The van der Waals surface area contributed by atoms with Crippen molar-refractivity contribution in [1.29, 1.82) is 5.26 Å². The van der Waals surface area contributed by atoms with Crippen LogP contribution in [0, 0.1) is 16.7 Å². The second kappa shape index (κ2) is 6.84. The van der Waals surface area contributed by atoms with Crippen molar-refractivity contribution in [2.24, 2.45) is 5.41 Å². The molecule has 3 aliphatic rings. The summed E-state index contributed by atoms with van der Waals surface area (Å²) in [5.74, 6) is 0.766. The van der Waals surface area contributed by atoms with Crippen LogP contribution in [0.1, 0.15) is 44.9 Å². The van der Waals surface area contributed by atoms with Crippen molar-refractivity contribution in [3.8, 4) is 6.07 Å². The van der Waals surface area contributed by atoms with Crippen molar-refractivity contribution in [2.75, 3.05) is 25.0 Å². The van der Waals surface area contributed by atoms with E-state index >= 15 is 0 Å². The first-order valence-corrected chi connectivity index (χ1v) is 9.52. The lowest BCUT2D eigenvalue weighted by Crippen LogP contribution is -2.53. The molecule has 2 atom stereocenters. The molecule has 1 aromatic heterocycles. The van der Waals surface area contributed by atoms with Gasteiger partial charge in [0.05, 0.1) is 30.5 Å². The number of hydrogen-bond donors (Lipinski definition) is 1. The SMILES string of the molecule is N#CC1(C(=O)N2CCCC3(CC(Nc4cnccn4)CO3)C2)CCCC1. The Bertz CT molecular complexity index is 698.